The molecular formula is C96H121BrClF4I18N10O13PS-2. The number of carbonyl (C=O) groups is 4. The minimum atomic E-state index is -0.946. The van der Waals surface area contributed by atoms with Crippen LogP contribution in [0, 0.1) is 46.4 Å². The first kappa shape index (κ1) is 142. The smallest absolute Gasteiger partial charge is 0.154 e. The van der Waals surface area contributed by atoms with Crippen molar-refractivity contribution in [1.82, 2.24) is 25.0 Å². The Morgan fingerprint density at radius 3 is 1.21 bits per heavy atom. The molecule has 18 rings (SSSR count). The first-order valence-corrected chi connectivity index (χ1v) is 142. The quantitative estimate of drug-likeness (QED) is 0.00802. The molecule has 8 aliphatic heterocycles. The molecule has 8 aliphatic rings. The maximum atomic E-state index is 13.3. The van der Waals surface area contributed by atoms with Crippen LogP contribution in [-0.4, -0.2) is 202 Å². The average molecular weight is 4160 g/mol. The Kier molecular flexibility index (Phi) is 84.8. The number of aliphatic hydroxyl groups excluding tert-OH is 2. The number of esters is 3. The molecule has 0 amide bonds. The fraction of sp³-hybridized carbons (Fsp3) is 0.385. The molecule has 9 aromatic carbocycles. The fourth-order valence-corrected chi connectivity index (χ4v) is 224. The number of hydrogen-bond donors (Lipinski definition) is 5. The van der Waals surface area contributed by atoms with Crippen molar-refractivity contribution in [3.05, 3.63) is 288 Å². The number of nitrogens with one attached hydrogen (secondary N) is 1. The van der Waals surface area contributed by atoms with Crippen molar-refractivity contribution in [1.29, 1.82) is 6.54 Å². The van der Waals surface area contributed by atoms with Crippen molar-refractivity contribution < 1.29 is 107 Å². The number of para-hydroxylation sites is 1. The molecule has 8 saturated heterocycles. The molecule has 1 aromatic heterocycles. The number of carbonyl (C=O) groups excluding carboxylic acids is 3. The van der Waals surface area contributed by atoms with Gasteiger partial charge in [0.05, 0.1) is 26.7 Å². The van der Waals surface area contributed by atoms with Crippen LogP contribution >= 0.6 is 281 Å². The van der Waals surface area contributed by atoms with Crippen LogP contribution in [0.15, 0.2) is 243 Å². The number of rotatable bonds is 22. The minimum absolute atomic E-state index is 0. The normalized spacial score (nSPS) is 17.7. The first-order chi connectivity index (χ1) is 69.3. The van der Waals surface area contributed by atoms with Gasteiger partial charge in [-0.2, -0.15) is 15.3 Å². The van der Waals surface area contributed by atoms with Crippen LogP contribution in [0.3, 0.4) is 0 Å². The number of carboxylic acid groups (broad SMARTS) is 1. The van der Waals surface area contributed by atoms with Crippen molar-refractivity contribution in [3.63, 3.8) is 0 Å². The number of alkyl halides is 1. The number of carboxylic acids is 1. The minimum Gasteiger partial charge on any atom is -0.410 e. The molecule has 0 radical (unpaired) electrons. The molecule has 5 unspecified atom stereocenters. The number of aliphatic carboxylic acids is 1. The van der Waals surface area contributed by atoms with Gasteiger partial charge in [0.1, 0.15) is 45.2 Å². The Hall–Kier alpha value is 2.79. The van der Waals surface area contributed by atoms with Gasteiger partial charge in [-0.25, -0.2) is 31.9 Å². The van der Waals surface area contributed by atoms with Crippen LogP contribution in [0.2, 0.25) is 0 Å². The average Bonchev–Trinajstić information content (AvgIpc) is 1.02. The largest absolute Gasteiger partial charge is 0.410 e. The van der Waals surface area contributed by atoms with Crippen molar-refractivity contribution in [2.24, 2.45) is 11.8 Å². The topological polar surface area (TPSA) is 278 Å². The Labute approximate surface area is 1020 Å². The summed E-state index contributed by atoms with van der Waals surface area (Å²) < 4.78 is 83.8. The summed E-state index contributed by atoms with van der Waals surface area (Å²) in [5, 5.41) is 53.5. The van der Waals surface area contributed by atoms with Crippen molar-refractivity contribution >= 4 is 348 Å². The number of fused-ring (bicyclic) bond motifs is 7. The molecule has 4 bridgehead atoms. The molecule has 0 spiro atoms. The Morgan fingerprint density at radius 2 is 0.924 bits per heavy atom. The van der Waals surface area contributed by atoms with E-state index in [1.807, 2.05) is 121 Å². The zero-order valence-corrected chi connectivity index (χ0v) is 123. The predicted molar refractivity (Wildman–Crippen MR) is 727 cm³/mol. The van der Waals surface area contributed by atoms with E-state index in [1.165, 1.54) is 94.2 Å². The van der Waals surface area contributed by atoms with Crippen LogP contribution in [0.5, 0.6) is 0 Å². The molecule has 23 nitrogen and oxygen atoms in total. The maximum absolute atomic E-state index is 13.3. The third-order valence-corrected chi connectivity index (χ3v) is 517. The summed E-state index contributed by atoms with van der Waals surface area (Å²) >= 11 is 33.6. The van der Waals surface area contributed by atoms with Gasteiger partial charge in [-0.3, -0.25) is 9.69 Å². The molecule has 814 valence electrons. The summed E-state index contributed by atoms with van der Waals surface area (Å²) in [6.45, 7) is 14.9. The van der Waals surface area contributed by atoms with Gasteiger partial charge in [-0.05, 0) is 246 Å². The van der Waals surface area contributed by atoms with E-state index >= 15 is 0 Å². The van der Waals surface area contributed by atoms with Crippen LogP contribution in [0.4, 0.5) is 40.3 Å². The van der Waals surface area contributed by atoms with E-state index in [2.05, 4.69) is 259 Å². The molecule has 5 N–H and O–H groups in total. The molecular weight excluding hydrogens is 4040 g/mol. The number of piperidine rings is 6. The summed E-state index contributed by atoms with van der Waals surface area (Å²) in [6.07, 6.45) is 12.6. The van der Waals surface area contributed by atoms with Gasteiger partial charge in [-0.15, -0.1) is 17.5 Å². The third kappa shape index (κ3) is 62.0. The number of benzene rings is 9. The van der Waals surface area contributed by atoms with Gasteiger partial charge < -0.3 is 69.1 Å². The number of hydrogen-bond acceptors (Lipinski definition) is 21. The fourth-order valence-electron chi connectivity index (χ4n) is 13.9. The number of aliphatic hydroxyl groups is 2. The van der Waals surface area contributed by atoms with Crippen LogP contribution in [0.1, 0.15) is 117 Å². The van der Waals surface area contributed by atoms with E-state index in [-0.39, 0.29) is 110 Å². The maximum Gasteiger partial charge on any atom is 0.154 e. The van der Waals surface area contributed by atoms with Crippen molar-refractivity contribution in [3.8, 4) is 6.07 Å². The van der Waals surface area contributed by atoms with E-state index < -0.39 is 30.4 Å². The van der Waals surface area contributed by atoms with Gasteiger partial charge in [-0.1, -0.05) is 162 Å². The summed E-state index contributed by atoms with van der Waals surface area (Å²) in [6, 6.07) is 68.7. The SMILES string of the molecule is C1CCOC1.CC#N.CCOC(=O)C(Br)c1ccccc1.CCOC(=O)C(c1ccccc1)N(C)c1ccc(F)cc1.CN(c1ccc(F)cc1)C(C(=O)O)c1ccccc1.CN(c1ccc(F)cc1)C(C(=O)O[C@H]1CN2CCC1CC2)c1ccccc1.CNc1ccc(F)cc1.Cl.II(I)I(I)I.I[I-]I(I)I.I[I-]I(I)I(I)I.OC1CCCO1.O[C@H]1CN2CCC1CC2.On1nnc2ccccc21.[2H]P=S(C)C. The van der Waals surface area contributed by atoms with Crippen LogP contribution < -0.4 is 46.5 Å². The second-order valence-electron chi connectivity index (χ2n) is 30.6. The number of ether oxygens (including phenoxy) is 5. The van der Waals surface area contributed by atoms with Gasteiger partial charge in [0.15, 0.2) is 24.4 Å². The van der Waals surface area contributed by atoms with Gasteiger partial charge in [0, 0.05) is 97.2 Å². The Morgan fingerprint density at radius 1 is 0.559 bits per heavy atom. The summed E-state index contributed by atoms with van der Waals surface area (Å²) in [5.74, 6) is -1.80. The van der Waals surface area contributed by atoms with E-state index in [1.54, 1.807) is 136 Å². The molecule has 8 fully saturated rings. The van der Waals surface area contributed by atoms with Crippen molar-refractivity contribution in [2.75, 3.05) is 133 Å². The van der Waals surface area contributed by atoms with E-state index in [0.29, 0.717) is 83.9 Å². The van der Waals surface area contributed by atoms with Gasteiger partial charge in [0.25, 0.3) is 0 Å². The monoisotopic (exact) mass is 4160 g/mol. The van der Waals surface area contributed by atoms with Crippen LogP contribution in [-0.2, 0) is 52.9 Å². The van der Waals surface area contributed by atoms with E-state index in [9.17, 15) is 47.0 Å². The van der Waals surface area contributed by atoms with Gasteiger partial charge >= 0.3 is 295 Å². The first-order valence-electron chi connectivity index (χ1n) is 44.4. The number of nitriles is 1. The second-order valence-corrected chi connectivity index (χ2v) is 311. The number of anilines is 4. The van der Waals surface area contributed by atoms with Crippen LogP contribution in [0.25, 0.3) is 11.0 Å². The third-order valence-electron chi connectivity index (χ3n) is 20.7. The predicted octanol–water partition coefficient (Wildman–Crippen LogP) is 26.6. The standard InChI is InChI=1S/C22H25FN2O2.C17H18FNO2.C15H14FNO2.C10H11BrO2.C7H8FN.C7H13NO.C6H5N3O.C4H8O2.C4H8O.C2H3N.C2H7PS.ClH.I7.I6.I5/c1-24(19-9-7-18(23)8-10-19)21(17-5-3-2-4-6-17)22(26)27-20-15-25-13-11-16(20)12-14-25;1-3-21-17(20)16(13-7-5-4-6-8-13)19(2)15-11-9-14(18)10-12-15;1-17(13-9-7-12(16)8-10-13)14(15(18)19)11-5-3-2-4-6-11;1-2-13-10(12)9(11)8-6-4-3-5-7-8;1-9-7-4-2-6(8)3-5-7;9-7-5-8-3-1-6(7)2-4-8;10-9-6-4-2-1-3-5(6)7-8-9;5-4-2-1-3-6-4;1-2-4-5-3-1;1-2-3;1-4(2)3;;1-5-7(4)6(2)3;1-5(2)6(3)4;1-4-5(2)3/h2-10,16,20-21H,11-15H2,1H3;4-12,16H,3H2,1-2H3;2-10,14H,1H3,(H,18,19);3-7,9H,2H2,1H3;2-5,9H,1H3;6-7,9H,1-5H2;1-4,10H;4-5H,1-3H2;1-4H2;1H3;3H,1-2H3;1H;;;/q;;;;;;;;;;;;-1;;-1/t20-,21?;;;;;7-;;;;;;;;;/m0....0........./s1/i;;;;;;;;;;3D;;;;. The number of nitrogens with zero attached hydrogens (tertiary/aromatic N) is 9. The van der Waals surface area contributed by atoms with Crippen molar-refractivity contribution in [2.45, 2.75) is 114 Å². The molecule has 10 aromatic rings. The molecule has 0 saturated carbocycles. The molecule has 49 heteroatoms. The Bertz CT molecular complexity index is 5220. The van der Waals surface area contributed by atoms with E-state index in [4.69, 9.17) is 40.5 Å². The number of aromatic nitrogens is 3. The molecule has 7 atom stereocenters. The number of halogens is 24. The molecule has 9 heterocycles. The summed E-state index contributed by atoms with van der Waals surface area (Å²) in [4.78, 5) is 58.6. The summed E-state index contributed by atoms with van der Waals surface area (Å²) in [7, 11) is 6.85. The molecule has 145 heavy (non-hydrogen) atoms. The van der Waals surface area contributed by atoms with E-state index in [0.717, 1.165) is 118 Å². The molecule has 0 aliphatic carbocycles. The number of likely N-dealkylation sites (N-methyl/N-ethyl adjacent to an activating group) is 3. The zero-order valence-electron chi connectivity index (χ0n) is 81.2. The second kappa shape index (κ2) is 86.6. The zero-order chi connectivity index (χ0) is 108. The summed E-state index contributed by atoms with van der Waals surface area (Å²) in [5.41, 5.74) is 7.73. The Balaban J connectivity index is 0.000000554. The van der Waals surface area contributed by atoms with Gasteiger partial charge in [0.2, 0.25) is 0 Å².